The molecular formula is C23H23N5O2. The molecular weight excluding hydrogens is 378 g/mol. The summed E-state index contributed by atoms with van der Waals surface area (Å²) in [5.74, 6) is 1.38. The molecule has 1 fully saturated rings. The van der Waals surface area contributed by atoms with Crippen LogP contribution in [0.25, 0.3) is 22.3 Å². The molecule has 0 spiro atoms. The highest BCUT2D eigenvalue weighted by molar-refractivity contribution is 5.97. The Kier molecular flexibility index (Phi) is 4.71. The second-order valence-electron chi connectivity index (χ2n) is 7.78. The van der Waals surface area contributed by atoms with Gasteiger partial charge in [0.2, 0.25) is 0 Å². The molecule has 2 N–H and O–H groups in total. The van der Waals surface area contributed by atoms with Gasteiger partial charge in [-0.3, -0.25) is 9.89 Å². The number of hydrogen-bond donors (Lipinski definition) is 2. The van der Waals surface area contributed by atoms with Crippen molar-refractivity contribution in [3.8, 4) is 17.0 Å². The molecule has 7 heteroatoms. The Bertz CT molecular complexity index is 1180. The second-order valence-corrected chi connectivity index (χ2v) is 7.78. The molecule has 1 aliphatic rings. The summed E-state index contributed by atoms with van der Waals surface area (Å²) in [5.41, 5.74) is 4.03. The number of nitrogens with one attached hydrogen (secondary N) is 2. The number of pyridine rings is 1. The van der Waals surface area contributed by atoms with Crippen molar-refractivity contribution in [1.29, 1.82) is 0 Å². The SMILES string of the molecule is COc1cccc(CN(CC2CC2)C(=O)c2cc3ccc(-c4cn[nH]c4)nc3[nH]2)c1. The Morgan fingerprint density at radius 1 is 1.23 bits per heavy atom. The first-order valence-corrected chi connectivity index (χ1v) is 10.1. The highest BCUT2D eigenvalue weighted by Gasteiger charge is 2.28. The lowest BCUT2D eigenvalue weighted by Gasteiger charge is -2.22. The molecule has 30 heavy (non-hydrogen) atoms. The van der Waals surface area contributed by atoms with E-state index < -0.39 is 0 Å². The zero-order valence-electron chi connectivity index (χ0n) is 16.8. The van der Waals surface area contributed by atoms with Gasteiger partial charge in [0, 0.05) is 30.2 Å². The highest BCUT2D eigenvalue weighted by atomic mass is 16.5. The van der Waals surface area contributed by atoms with Gasteiger partial charge in [0.25, 0.3) is 5.91 Å². The molecule has 0 radical (unpaired) electrons. The van der Waals surface area contributed by atoms with Gasteiger partial charge in [-0.1, -0.05) is 12.1 Å². The zero-order valence-corrected chi connectivity index (χ0v) is 16.8. The molecule has 1 amide bonds. The maximum absolute atomic E-state index is 13.4. The average molecular weight is 401 g/mol. The maximum Gasteiger partial charge on any atom is 0.270 e. The van der Waals surface area contributed by atoms with Crippen molar-refractivity contribution in [2.45, 2.75) is 19.4 Å². The monoisotopic (exact) mass is 401 g/mol. The molecule has 0 saturated heterocycles. The normalized spacial score (nSPS) is 13.5. The number of hydrogen-bond acceptors (Lipinski definition) is 4. The minimum absolute atomic E-state index is 0.00687. The molecule has 3 heterocycles. The Morgan fingerprint density at radius 2 is 2.13 bits per heavy atom. The van der Waals surface area contributed by atoms with Crippen molar-refractivity contribution in [2.75, 3.05) is 13.7 Å². The van der Waals surface area contributed by atoms with Crippen molar-refractivity contribution in [3.63, 3.8) is 0 Å². The van der Waals surface area contributed by atoms with Crippen molar-refractivity contribution in [2.24, 2.45) is 5.92 Å². The first-order valence-electron chi connectivity index (χ1n) is 10.1. The highest BCUT2D eigenvalue weighted by Crippen LogP contribution is 2.31. The fourth-order valence-corrected chi connectivity index (χ4v) is 3.67. The van der Waals surface area contributed by atoms with Crippen molar-refractivity contribution < 1.29 is 9.53 Å². The summed E-state index contributed by atoms with van der Waals surface area (Å²) in [4.78, 5) is 23.2. The molecule has 0 bridgehead atoms. The van der Waals surface area contributed by atoms with Crippen molar-refractivity contribution in [3.05, 3.63) is 66.1 Å². The smallest absolute Gasteiger partial charge is 0.270 e. The maximum atomic E-state index is 13.4. The molecule has 152 valence electrons. The molecule has 1 saturated carbocycles. The van der Waals surface area contributed by atoms with Gasteiger partial charge in [0.05, 0.1) is 19.0 Å². The van der Waals surface area contributed by atoms with Crippen LogP contribution in [0.3, 0.4) is 0 Å². The number of ether oxygens (including phenoxy) is 1. The van der Waals surface area contributed by atoms with Gasteiger partial charge in [0.15, 0.2) is 0 Å². The minimum Gasteiger partial charge on any atom is -0.497 e. The first kappa shape index (κ1) is 18.4. The summed E-state index contributed by atoms with van der Waals surface area (Å²) < 4.78 is 5.33. The Labute approximate surface area is 174 Å². The van der Waals surface area contributed by atoms with Crippen LogP contribution in [0.1, 0.15) is 28.9 Å². The van der Waals surface area contributed by atoms with Crippen LogP contribution in [0.2, 0.25) is 0 Å². The summed E-state index contributed by atoms with van der Waals surface area (Å²) in [6.45, 7) is 1.31. The fraction of sp³-hybridized carbons (Fsp3) is 0.261. The van der Waals surface area contributed by atoms with E-state index in [1.807, 2.05) is 47.4 Å². The number of carbonyl (C=O) groups excluding carboxylic acids is 1. The fourth-order valence-electron chi connectivity index (χ4n) is 3.67. The first-order chi connectivity index (χ1) is 14.7. The topological polar surface area (TPSA) is 86.9 Å². The largest absolute Gasteiger partial charge is 0.497 e. The van der Waals surface area contributed by atoms with Crippen LogP contribution in [0, 0.1) is 5.92 Å². The number of benzene rings is 1. The third kappa shape index (κ3) is 3.78. The van der Waals surface area contributed by atoms with Gasteiger partial charge in [-0.25, -0.2) is 4.98 Å². The van der Waals surface area contributed by atoms with E-state index in [-0.39, 0.29) is 5.91 Å². The van der Waals surface area contributed by atoms with Crippen LogP contribution in [-0.2, 0) is 6.54 Å². The summed E-state index contributed by atoms with van der Waals surface area (Å²) >= 11 is 0. The van der Waals surface area contributed by atoms with Crippen LogP contribution in [0.15, 0.2) is 54.9 Å². The number of aromatic amines is 2. The molecule has 4 aromatic rings. The van der Waals surface area contributed by atoms with E-state index in [0.717, 1.165) is 34.5 Å². The predicted octanol–water partition coefficient (Wildman–Crippen LogP) is 4.01. The van der Waals surface area contributed by atoms with E-state index in [0.29, 0.717) is 23.8 Å². The minimum atomic E-state index is -0.00687. The lowest BCUT2D eigenvalue weighted by molar-refractivity contribution is 0.0729. The molecule has 0 aliphatic heterocycles. The van der Waals surface area contributed by atoms with Crippen LogP contribution in [0.5, 0.6) is 5.75 Å². The molecule has 1 aliphatic carbocycles. The second kappa shape index (κ2) is 7.67. The van der Waals surface area contributed by atoms with Crippen molar-refractivity contribution >= 4 is 16.9 Å². The standard InChI is InChI=1S/C23H23N5O2/c1-30-19-4-2-3-16(9-19)14-28(13-15-5-6-15)23(29)21-10-17-7-8-20(26-22(17)27-21)18-11-24-25-12-18/h2-4,7-12,15H,5-6,13-14H2,1H3,(H,24,25)(H,26,27). The van der Waals surface area contributed by atoms with Gasteiger partial charge >= 0.3 is 0 Å². The summed E-state index contributed by atoms with van der Waals surface area (Å²) in [5, 5.41) is 7.69. The van der Waals surface area contributed by atoms with E-state index in [1.54, 1.807) is 19.5 Å². The Morgan fingerprint density at radius 3 is 2.90 bits per heavy atom. The van der Waals surface area contributed by atoms with Crippen LogP contribution in [-0.4, -0.2) is 44.6 Å². The summed E-state index contributed by atoms with van der Waals surface area (Å²) in [6, 6.07) is 13.7. The van der Waals surface area contributed by atoms with Crippen LogP contribution < -0.4 is 4.74 Å². The third-order valence-electron chi connectivity index (χ3n) is 5.47. The molecule has 0 atom stereocenters. The van der Waals surface area contributed by atoms with Crippen LogP contribution >= 0.6 is 0 Å². The van der Waals surface area contributed by atoms with E-state index in [9.17, 15) is 4.79 Å². The number of aromatic nitrogens is 4. The van der Waals surface area contributed by atoms with E-state index in [4.69, 9.17) is 4.74 Å². The number of methoxy groups -OCH3 is 1. The lowest BCUT2D eigenvalue weighted by Crippen LogP contribution is -2.32. The lowest BCUT2D eigenvalue weighted by atomic mass is 10.1. The molecule has 1 aromatic carbocycles. The number of carbonyl (C=O) groups is 1. The van der Waals surface area contributed by atoms with Gasteiger partial charge in [0.1, 0.15) is 17.1 Å². The number of nitrogens with zero attached hydrogens (tertiary/aromatic N) is 3. The molecule has 3 aromatic heterocycles. The van der Waals surface area contributed by atoms with Gasteiger partial charge in [-0.2, -0.15) is 5.10 Å². The van der Waals surface area contributed by atoms with Gasteiger partial charge in [-0.15, -0.1) is 0 Å². The molecule has 5 rings (SSSR count). The summed E-state index contributed by atoms with van der Waals surface area (Å²) in [7, 11) is 1.65. The molecule has 0 unspecified atom stereocenters. The number of rotatable bonds is 7. The quantitative estimate of drug-likeness (QED) is 0.490. The Balaban J connectivity index is 1.42. The van der Waals surface area contributed by atoms with Crippen molar-refractivity contribution in [1.82, 2.24) is 25.1 Å². The number of H-pyrrole nitrogens is 2. The van der Waals surface area contributed by atoms with E-state index in [1.165, 1.54) is 12.8 Å². The van der Waals surface area contributed by atoms with Gasteiger partial charge in [-0.05, 0) is 54.7 Å². The van der Waals surface area contributed by atoms with E-state index in [2.05, 4.69) is 20.2 Å². The predicted molar refractivity (Wildman–Crippen MR) is 114 cm³/mol. The zero-order chi connectivity index (χ0) is 20.5. The third-order valence-corrected chi connectivity index (χ3v) is 5.47. The summed E-state index contributed by atoms with van der Waals surface area (Å²) in [6.07, 6.45) is 5.90. The number of amides is 1. The molecule has 7 nitrogen and oxygen atoms in total. The Hall–Kier alpha value is -3.61. The van der Waals surface area contributed by atoms with Crippen LogP contribution in [0.4, 0.5) is 0 Å². The van der Waals surface area contributed by atoms with Gasteiger partial charge < -0.3 is 14.6 Å². The average Bonchev–Trinajstić information content (AvgIpc) is 3.25. The number of fused-ring (bicyclic) bond motifs is 1. The van der Waals surface area contributed by atoms with E-state index >= 15 is 0 Å².